The summed E-state index contributed by atoms with van der Waals surface area (Å²) in [5.41, 5.74) is 3.27. The van der Waals surface area contributed by atoms with Gasteiger partial charge in [0.05, 0.1) is 22.0 Å². The molecule has 0 aliphatic carbocycles. The highest BCUT2D eigenvalue weighted by molar-refractivity contribution is 7.89. The Hall–Kier alpha value is -3.39. The fourth-order valence-electron chi connectivity index (χ4n) is 2.86. The van der Waals surface area contributed by atoms with E-state index in [9.17, 15) is 12.8 Å². The number of sulfonamides is 1. The van der Waals surface area contributed by atoms with Gasteiger partial charge >= 0.3 is 0 Å². The molecule has 2 N–H and O–H groups in total. The van der Waals surface area contributed by atoms with Crippen LogP contribution >= 0.6 is 0 Å². The molecule has 0 radical (unpaired) electrons. The van der Waals surface area contributed by atoms with E-state index in [1.807, 2.05) is 6.92 Å². The molecule has 0 saturated heterocycles. The van der Waals surface area contributed by atoms with E-state index in [2.05, 4.69) is 15.2 Å². The van der Waals surface area contributed by atoms with Crippen molar-refractivity contribution in [2.45, 2.75) is 18.7 Å². The first kappa shape index (κ1) is 18.9. The molecule has 1 heterocycles. The van der Waals surface area contributed by atoms with E-state index in [-0.39, 0.29) is 10.7 Å². The van der Waals surface area contributed by atoms with Crippen LogP contribution in [0.2, 0.25) is 0 Å². The van der Waals surface area contributed by atoms with Gasteiger partial charge in [0.15, 0.2) is 11.5 Å². The topological polar surface area (TPSA) is 79.8 Å². The molecule has 0 bridgehead atoms. The third-order valence-electron chi connectivity index (χ3n) is 4.49. The van der Waals surface area contributed by atoms with E-state index < -0.39 is 10.0 Å². The predicted octanol–water partition coefficient (Wildman–Crippen LogP) is 4.69. The summed E-state index contributed by atoms with van der Waals surface area (Å²) in [5.74, 6) is 0.742. The summed E-state index contributed by atoms with van der Waals surface area (Å²) in [6.45, 7) is 3.57. The minimum atomic E-state index is -3.76. The van der Waals surface area contributed by atoms with Crippen LogP contribution in [-0.4, -0.2) is 14.1 Å². The van der Waals surface area contributed by atoms with Crippen molar-refractivity contribution in [1.29, 1.82) is 0 Å². The summed E-state index contributed by atoms with van der Waals surface area (Å²) in [6, 6.07) is 16.0. The second-order valence-electron chi connectivity index (χ2n) is 6.68. The average molecular weight is 411 g/mol. The lowest BCUT2D eigenvalue weighted by Crippen LogP contribution is -2.20. The molecule has 148 valence electrons. The monoisotopic (exact) mass is 411 g/mol. The lowest BCUT2D eigenvalue weighted by Gasteiger charge is -2.22. The van der Waals surface area contributed by atoms with Crippen LogP contribution in [0.1, 0.15) is 18.1 Å². The number of anilines is 2. The molecule has 4 rings (SSSR count). The second-order valence-corrected chi connectivity index (χ2v) is 8.34. The molecule has 0 saturated carbocycles. The summed E-state index contributed by atoms with van der Waals surface area (Å²) < 4.78 is 44.0. The van der Waals surface area contributed by atoms with Crippen molar-refractivity contribution in [1.82, 2.24) is 4.83 Å². The number of hydrogen-bond acceptors (Lipinski definition) is 5. The van der Waals surface area contributed by atoms with E-state index in [0.29, 0.717) is 34.1 Å². The molecule has 6 nitrogen and oxygen atoms in total. The molecule has 3 aromatic rings. The van der Waals surface area contributed by atoms with Crippen LogP contribution in [0.15, 0.2) is 70.7 Å². The van der Waals surface area contributed by atoms with Crippen LogP contribution in [0.3, 0.4) is 0 Å². The number of nitrogens with one attached hydrogen (secondary N) is 2. The van der Waals surface area contributed by atoms with Crippen molar-refractivity contribution in [2.24, 2.45) is 5.10 Å². The zero-order valence-electron chi connectivity index (χ0n) is 15.7. The Balaban J connectivity index is 1.56. The first-order valence-electron chi connectivity index (χ1n) is 8.83. The summed E-state index contributed by atoms with van der Waals surface area (Å²) in [7, 11) is -3.76. The molecular formula is C21H18FN3O3S. The molecule has 1 aliphatic rings. The van der Waals surface area contributed by atoms with Gasteiger partial charge < -0.3 is 10.1 Å². The minimum Gasteiger partial charge on any atom is -0.453 e. The third-order valence-corrected chi connectivity index (χ3v) is 5.72. The van der Waals surface area contributed by atoms with Crippen molar-refractivity contribution < 1.29 is 17.5 Å². The highest BCUT2D eigenvalue weighted by Crippen LogP contribution is 2.42. The van der Waals surface area contributed by atoms with Gasteiger partial charge in [0.25, 0.3) is 10.0 Å². The van der Waals surface area contributed by atoms with Crippen molar-refractivity contribution >= 4 is 27.1 Å². The van der Waals surface area contributed by atoms with E-state index in [1.165, 1.54) is 24.3 Å². The molecule has 0 unspecified atom stereocenters. The van der Waals surface area contributed by atoms with E-state index >= 15 is 0 Å². The molecule has 0 spiro atoms. The summed E-state index contributed by atoms with van der Waals surface area (Å²) in [6.07, 6.45) is 0. The average Bonchev–Trinajstić information content (AvgIpc) is 2.70. The maximum Gasteiger partial charge on any atom is 0.276 e. The third kappa shape index (κ3) is 3.93. The quantitative estimate of drug-likeness (QED) is 0.377. The molecule has 0 aromatic heterocycles. The molecule has 8 heteroatoms. The van der Waals surface area contributed by atoms with Gasteiger partial charge in [-0.2, -0.15) is 18.4 Å². The van der Waals surface area contributed by atoms with Gasteiger partial charge in [-0.25, -0.2) is 4.39 Å². The largest absolute Gasteiger partial charge is 0.453 e. The van der Waals surface area contributed by atoms with Crippen LogP contribution < -0.4 is 14.9 Å². The second kappa shape index (κ2) is 7.21. The molecule has 3 aromatic carbocycles. The first-order valence-corrected chi connectivity index (χ1v) is 10.3. The lowest BCUT2D eigenvalue weighted by molar-refractivity contribution is 0.479. The van der Waals surface area contributed by atoms with Crippen molar-refractivity contribution in [3.63, 3.8) is 0 Å². The van der Waals surface area contributed by atoms with Gasteiger partial charge in [-0.15, -0.1) is 0 Å². The Morgan fingerprint density at radius 1 is 1.00 bits per heavy atom. The fraction of sp³-hybridized carbons (Fsp3) is 0.0952. The number of fused-ring (bicyclic) bond motifs is 2. The van der Waals surface area contributed by atoms with Crippen LogP contribution in [-0.2, 0) is 10.0 Å². The van der Waals surface area contributed by atoms with Crippen LogP contribution in [0.4, 0.5) is 15.8 Å². The Bertz CT molecular complexity index is 1220. The molecule has 29 heavy (non-hydrogen) atoms. The van der Waals surface area contributed by atoms with Gasteiger partial charge in [-0.3, -0.25) is 0 Å². The maximum absolute atomic E-state index is 13.5. The number of aryl methyl sites for hydroxylation is 1. The van der Waals surface area contributed by atoms with Gasteiger partial charge in [0.2, 0.25) is 0 Å². The van der Waals surface area contributed by atoms with E-state index in [1.54, 1.807) is 43.3 Å². The molecule has 0 atom stereocenters. The van der Waals surface area contributed by atoms with E-state index in [4.69, 9.17) is 4.74 Å². The van der Waals surface area contributed by atoms with Crippen molar-refractivity contribution in [2.75, 3.05) is 5.32 Å². The zero-order valence-corrected chi connectivity index (χ0v) is 16.5. The zero-order chi connectivity index (χ0) is 20.6. The number of hydrazone groups is 1. The molecular weight excluding hydrogens is 393 g/mol. The Labute approximate surface area is 168 Å². The van der Waals surface area contributed by atoms with Crippen molar-refractivity contribution in [3.05, 3.63) is 77.6 Å². The number of ether oxygens (including phenoxy) is 1. The highest BCUT2D eigenvalue weighted by Gasteiger charge is 2.18. The van der Waals surface area contributed by atoms with Crippen molar-refractivity contribution in [3.8, 4) is 11.5 Å². The lowest BCUT2D eigenvalue weighted by atomic mass is 10.1. The summed E-state index contributed by atoms with van der Waals surface area (Å²) in [5, 5.41) is 7.14. The van der Waals surface area contributed by atoms with Gasteiger partial charge in [0.1, 0.15) is 5.82 Å². The fourth-order valence-corrected chi connectivity index (χ4v) is 3.71. The van der Waals surface area contributed by atoms with Gasteiger partial charge in [0, 0.05) is 6.07 Å². The predicted molar refractivity (Wildman–Crippen MR) is 110 cm³/mol. The van der Waals surface area contributed by atoms with Gasteiger partial charge in [-0.1, -0.05) is 17.7 Å². The molecule has 0 fully saturated rings. The summed E-state index contributed by atoms with van der Waals surface area (Å²) >= 11 is 0. The standard InChI is InChI=1S/C21H18FN3O3S/c1-13-3-7-17(8-4-13)29(26,27)25-24-14(2)15-5-9-20-18(11-15)23-19-12-16(22)6-10-21(19)28-20/h3-12,23,25H,1-2H3/b24-14+. The number of halogens is 1. The highest BCUT2D eigenvalue weighted by atomic mass is 32.2. The minimum absolute atomic E-state index is 0.138. The summed E-state index contributed by atoms with van der Waals surface area (Å²) in [4.78, 5) is 2.39. The Morgan fingerprint density at radius 3 is 2.38 bits per heavy atom. The maximum atomic E-state index is 13.5. The van der Waals surface area contributed by atoms with Crippen LogP contribution in [0, 0.1) is 12.7 Å². The smallest absolute Gasteiger partial charge is 0.276 e. The van der Waals surface area contributed by atoms with Gasteiger partial charge in [-0.05, 0) is 61.9 Å². The molecule has 0 amide bonds. The number of rotatable bonds is 4. The molecule has 1 aliphatic heterocycles. The number of nitrogens with zero attached hydrogens (tertiary/aromatic N) is 1. The normalized spacial score (nSPS) is 13.0. The van der Waals surface area contributed by atoms with E-state index in [0.717, 1.165) is 5.56 Å². The SMILES string of the molecule is C/C(=N\NS(=O)(=O)c1ccc(C)cc1)c1ccc2c(c1)Nc1cc(F)ccc1O2. The van der Waals surface area contributed by atoms with Crippen LogP contribution in [0.25, 0.3) is 0 Å². The number of benzene rings is 3. The Kier molecular flexibility index (Phi) is 4.71. The number of hydrogen-bond donors (Lipinski definition) is 2. The Morgan fingerprint density at radius 2 is 1.66 bits per heavy atom. The van der Waals surface area contributed by atoms with Crippen LogP contribution in [0.5, 0.6) is 11.5 Å². The first-order chi connectivity index (χ1) is 13.8.